The first-order valence-corrected chi connectivity index (χ1v) is 15.8. The zero-order valence-electron chi connectivity index (χ0n) is 23.5. The summed E-state index contributed by atoms with van der Waals surface area (Å²) in [5, 5.41) is 0. The molecule has 3 aliphatic rings. The highest BCUT2D eigenvalue weighted by Crippen LogP contribution is 2.46. The lowest BCUT2D eigenvalue weighted by molar-refractivity contribution is -0.0447. The van der Waals surface area contributed by atoms with Crippen LogP contribution in [0.1, 0.15) is 132 Å². The molecular formula is C31H58OS. The molecule has 2 aliphatic heterocycles. The average Bonchev–Trinajstić information content (AvgIpc) is 2.68. The molecule has 0 aromatic carbocycles. The van der Waals surface area contributed by atoms with Crippen LogP contribution >= 0.6 is 11.8 Å². The number of ether oxygens (including phenoxy) is 1. The molecule has 4 atom stereocenters. The molecule has 0 radical (unpaired) electrons. The SMILES string of the molecule is CC(C)(C)CC1CCCCC1CC(C)(C)CC1CC(CC(C)(C)CC2CCSCC2)CCO1. The summed E-state index contributed by atoms with van der Waals surface area (Å²) < 4.78 is 6.40. The molecular weight excluding hydrogens is 420 g/mol. The third kappa shape index (κ3) is 10.1. The maximum absolute atomic E-state index is 6.40. The Morgan fingerprint density at radius 2 is 1.21 bits per heavy atom. The second-order valence-corrected chi connectivity index (χ2v) is 16.4. The highest BCUT2D eigenvalue weighted by Gasteiger charge is 2.36. The van der Waals surface area contributed by atoms with Gasteiger partial charge in [-0.05, 0) is 109 Å². The van der Waals surface area contributed by atoms with Crippen LogP contribution in [0, 0.1) is 39.9 Å². The molecule has 1 nitrogen and oxygen atoms in total. The zero-order valence-corrected chi connectivity index (χ0v) is 24.3. The number of hydrogen-bond donors (Lipinski definition) is 0. The second kappa shape index (κ2) is 12.0. The highest BCUT2D eigenvalue weighted by atomic mass is 32.2. The van der Waals surface area contributed by atoms with Gasteiger partial charge >= 0.3 is 0 Å². The van der Waals surface area contributed by atoms with Gasteiger partial charge in [0.2, 0.25) is 0 Å². The lowest BCUT2D eigenvalue weighted by Gasteiger charge is -2.42. The van der Waals surface area contributed by atoms with Gasteiger partial charge in [0, 0.05) is 6.61 Å². The van der Waals surface area contributed by atoms with Crippen molar-refractivity contribution in [2.24, 2.45) is 39.9 Å². The van der Waals surface area contributed by atoms with Gasteiger partial charge in [0.15, 0.2) is 0 Å². The van der Waals surface area contributed by atoms with Crippen molar-refractivity contribution in [1.29, 1.82) is 0 Å². The number of rotatable bonds is 9. The van der Waals surface area contributed by atoms with E-state index in [1.54, 1.807) is 0 Å². The summed E-state index contributed by atoms with van der Waals surface area (Å²) in [5.74, 6) is 6.51. The van der Waals surface area contributed by atoms with Crippen LogP contribution in [0.4, 0.5) is 0 Å². The summed E-state index contributed by atoms with van der Waals surface area (Å²) in [5.41, 5.74) is 1.37. The van der Waals surface area contributed by atoms with Crippen LogP contribution in [0.25, 0.3) is 0 Å². The smallest absolute Gasteiger partial charge is 0.0582 e. The van der Waals surface area contributed by atoms with Crippen molar-refractivity contribution in [1.82, 2.24) is 0 Å². The Morgan fingerprint density at radius 1 is 0.636 bits per heavy atom. The molecule has 2 saturated heterocycles. The summed E-state index contributed by atoms with van der Waals surface area (Å²) in [6.07, 6.45) is 18.8. The van der Waals surface area contributed by atoms with Crippen molar-refractivity contribution in [2.45, 2.75) is 138 Å². The lowest BCUT2D eigenvalue weighted by atomic mass is 9.65. The van der Waals surface area contributed by atoms with Gasteiger partial charge in [0.25, 0.3) is 0 Å². The van der Waals surface area contributed by atoms with E-state index in [0.717, 1.165) is 30.3 Å². The summed E-state index contributed by atoms with van der Waals surface area (Å²) in [7, 11) is 0. The van der Waals surface area contributed by atoms with Crippen molar-refractivity contribution in [3.8, 4) is 0 Å². The molecule has 0 aromatic heterocycles. The number of hydrogen-bond acceptors (Lipinski definition) is 2. The van der Waals surface area contributed by atoms with E-state index in [1.165, 1.54) is 95.0 Å². The zero-order chi connectivity index (χ0) is 24.1. The molecule has 2 heterocycles. The molecule has 4 unspecified atom stereocenters. The summed E-state index contributed by atoms with van der Waals surface area (Å²) >= 11 is 2.16. The fourth-order valence-electron chi connectivity index (χ4n) is 7.90. The van der Waals surface area contributed by atoms with Crippen LogP contribution in [-0.2, 0) is 4.74 Å². The van der Waals surface area contributed by atoms with E-state index in [2.05, 4.69) is 60.2 Å². The topological polar surface area (TPSA) is 9.23 Å². The molecule has 1 aliphatic carbocycles. The Balaban J connectivity index is 1.49. The van der Waals surface area contributed by atoms with Crippen LogP contribution in [-0.4, -0.2) is 24.2 Å². The molecule has 0 spiro atoms. The normalized spacial score (nSPS) is 31.0. The summed E-state index contributed by atoms with van der Waals surface area (Å²) in [4.78, 5) is 0. The van der Waals surface area contributed by atoms with Crippen molar-refractivity contribution >= 4 is 11.8 Å². The summed E-state index contributed by atoms with van der Waals surface area (Å²) in [6, 6.07) is 0. The van der Waals surface area contributed by atoms with E-state index in [1.807, 2.05) is 0 Å². The maximum Gasteiger partial charge on any atom is 0.0582 e. The lowest BCUT2D eigenvalue weighted by Crippen LogP contribution is -2.35. The average molecular weight is 479 g/mol. The Kier molecular flexibility index (Phi) is 10.2. The Morgan fingerprint density at radius 3 is 1.85 bits per heavy atom. The first-order valence-electron chi connectivity index (χ1n) is 14.6. The molecule has 0 N–H and O–H groups in total. The van der Waals surface area contributed by atoms with Gasteiger partial charge in [-0.1, -0.05) is 74.1 Å². The van der Waals surface area contributed by atoms with Crippen molar-refractivity contribution < 1.29 is 4.74 Å². The minimum Gasteiger partial charge on any atom is -0.378 e. The fourth-order valence-corrected chi connectivity index (χ4v) is 9.11. The maximum atomic E-state index is 6.40. The highest BCUT2D eigenvalue weighted by molar-refractivity contribution is 7.99. The van der Waals surface area contributed by atoms with Gasteiger partial charge in [0.1, 0.15) is 0 Å². The van der Waals surface area contributed by atoms with Crippen LogP contribution in [0.3, 0.4) is 0 Å². The van der Waals surface area contributed by atoms with E-state index in [4.69, 9.17) is 4.74 Å². The van der Waals surface area contributed by atoms with Crippen LogP contribution < -0.4 is 0 Å². The largest absolute Gasteiger partial charge is 0.378 e. The molecule has 2 heteroatoms. The van der Waals surface area contributed by atoms with E-state index in [0.29, 0.717) is 22.3 Å². The van der Waals surface area contributed by atoms with Gasteiger partial charge in [-0.3, -0.25) is 0 Å². The molecule has 3 fully saturated rings. The van der Waals surface area contributed by atoms with Crippen molar-refractivity contribution in [2.75, 3.05) is 18.1 Å². The predicted octanol–water partition coefficient (Wildman–Crippen LogP) is 9.78. The molecule has 0 amide bonds. The minimum atomic E-state index is 0.403. The minimum absolute atomic E-state index is 0.403. The summed E-state index contributed by atoms with van der Waals surface area (Å²) in [6.45, 7) is 18.5. The van der Waals surface area contributed by atoms with Gasteiger partial charge in [-0.15, -0.1) is 0 Å². The molecule has 1 saturated carbocycles. The van der Waals surface area contributed by atoms with Crippen molar-refractivity contribution in [3.05, 3.63) is 0 Å². The third-order valence-electron chi connectivity index (χ3n) is 9.04. The predicted molar refractivity (Wildman–Crippen MR) is 148 cm³/mol. The Labute approximate surface area is 212 Å². The van der Waals surface area contributed by atoms with Gasteiger partial charge in [-0.25, -0.2) is 0 Å². The van der Waals surface area contributed by atoms with E-state index >= 15 is 0 Å². The fraction of sp³-hybridized carbons (Fsp3) is 1.00. The van der Waals surface area contributed by atoms with E-state index in [9.17, 15) is 0 Å². The Hall–Kier alpha value is 0.310. The molecule has 0 bridgehead atoms. The van der Waals surface area contributed by atoms with Crippen LogP contribution in [0.15, 0.2) is 0 Å². The van der Waals surface area contributed by atoms with Gasteiger partial charge < -0.3 is 4.74 Å². The van der Waals surface area contributed by atoms with E-state index in [-0.39, 0.29) is 0 Å². The van der Waals surface area contributed by atoms with Gasteiger partial charge in [0.05, 0.1) is 6.10 Å². The first kappa shape index (κ1) is 27.9. The quantitative estimate of drug-likeness (QED) is 0.326. The molecule has 33 heavy (non-hydrogen) atoms. The monoisotopic (exact) mass is 478 g/mol. The Bertz CT molecular complexity index is 568. The molecule has 194 valence electrons. The van der Waals surface area contributed by atoms with Gasteiger partial charge in [-0.2, -0.15) is 11.8 Å². The molecule has 3 rings (SSSR count). The van der Waals surface area contributed by atoms with Crippen LogP contribution in [0.5, 0.6) is 0 Å². The number of thioether (sulfide) groups is 1. The molecule has 0 aromatic rings. The second-order valence-electron chi connectivity index (χ2n) is 15.2. The van der Waals surface area contributed by atoms with E-state index < -0.39 is 0 Å². The standard InChI is InChI=1S/C31H58OS/c1-29(2,3)21-26-10-8-9-11-27(26)22-31(6,7)23-28-18-25(12-15-32-28)20-30(4,5)19-24-13-16-33-17-14-24/h24-28H,8-23H2,1-7H3. The van der Waals surface area contributed by atoms with Crippen LogP contribution in [0.2, 0.25) is 0 Å². The first-order chi connectivity index (χ1) is 15.4. The van der Waals surface area contributed by atoms with Crippen molar-refractivity contribution in [3.63, 3.8) is 0 Å². The third-order valence-corrected chi connectivity index (χ3v) is 10.1.